The zero-order valence-corrected chi connectivity index (χ0v) is 15.5. The van der Waals surface area contributed by atoms with Crippen LogP contribution in [0.1, 0.15) is 19.4 Å². The summed E-state index contributed by atoms with van der Waals surface area (Å²) >= 11 is 0. The fraction of sp³-hybridized carbons (Fsp3) is 0.278. The first kappa shape index (κ1) is 19.7. The number of ether oxygens (including phenoxy) is 2. The number of carbonyl (C=O) groups excluding carboxylic acids is 1. The van der Waals surface area contributed by atoms with E-state index < -0.39 is 16.1 Å². The summed E-state index contributed by atoms with van der Waals surface area (Å²) in [5.41, 5.74) is 1.07. The molecule has 1 amide bonds. The van der Waals surface area contributed by atoms with Crippen molar-refractivity contribution in [2.75, 3.05) is 18.5 Å². The lowest BCUT2D eigenvalue weighted by Crippen LogP contribution is -2.23. The fourth-order valence-corrected chi connectivity index (χ4v) is 3.23. The van der Waals surface area contributed by atoms with Crippen LogP contribution in [-0.2, 0) is 21.3 Å². The Hall–Kier alpha value is -2.58. The van der Waals surface area contributed by atoms with Gasteiger partial charge in [0.1, 0.15) is 5.75 Å². The lowest BCUT2D eigenvalue weighted by Gasteiger charge is -2.14. The Bertz CT molecular complexity index is 838. The van der Waals surface area contributed by atoms with Gasteiger partial charge in [0.15, 0.2) is 0 Å². The molecule has 2 aromatic rings. The lowest BCUT2D eigenvalue weighted by atomic mass is 10.2. The first-order valence-electron chi connectivity index (χ1n) is 8.20. The standard InChI is InChI=1S/C18H22N2O5S/c1-3-24-17-11-10-15(12-16(17)20-18(21)25-4-2)26(22,23)19-13-14-8-6-5-7-9-14/h5-12,19H,3-4,13H2,1-2H3,(H,20,21). The van der Waals surface area contributed by atoms with Crippen LogP contribution in [0.5, 0.6) is 5.75 Å². The van der Waals surface area contributed by atoms with E-state index >= 15 is 0 Å². The van der Waals surface area contributed by atoms with Gasteiger partial charge in [-0.05, 0) is 37.6 Å². The van der Waals surface area contributed by atoms with Crippen LogP contribution >= 0.6 is 0 Å². The number of amides is 1. The van der Waals surface area contributed by atoms with Crippen molar-refractivity contribution in [2.24, 2.45) is 0 Å². The molecule has 0 radical (unpaired) electrons. The third-order valence-electron chi connectivity index (χ3n) is 3.38. The molecule has 0 bridgehead atoms. The minimum Gasteiger partial charge on any atom is -0.492 e. The number of carbonyl (C=O) groups is 1. The van der Waals surface area contributed by atoms with Gasteiger partial charge in [-0.25, -0.2) is 17.9 Å². The van der Waals surface area contributed by atoms with Gasteiger partial charge < -0.3 is 9.47 Å². The third kappa shape index (κ3) is 5.47. The number of sulfonamides is 1. The van der Waals surface area contributed by atoms with E-state index in [0.717, 1.165) is 5.56 Å². The van der Waals surface area contributed by atoms with Crippen LogP contribution in [0.25, 0.3) is 0 Å². The van der Waals surface area contributed by atoms with Gasteiger partial charge in [0.05, 0.1) is 23.8 Å². The summed E-state index contributed by atoms with van der Waals surface area (Å²) in [7, 11) is -3.76. The highest BCUT2D eigenvalue weighted by Crippen LogP contribution is 2.28. The highest BCUT2D eigenvalue weighted by atomic mass is 32.2. The van der Waals surface area contributed by atoms with Gasteiger partial charge in [-0.15, -0.1) is 0 Å². The van der Waals surface area contributed by atoms with Gasteiger partial charge in [-0.3, -0.25) is 5.32 Å². The molecule has 7 nitrogen and oxygen atoms in total. The summed E-state index contributed by atoms with van der Waals surface area (Å²) < 4.78 is 37.9. The molecule has 0 heterocycles. The Balaban J connectivity index is 2.22. The number of hydrogen-bond donors (Lipinski definition) is 2. The molecule has 0 atom stereocenters. The predicted octanol–water partition coefficient (Wildman–Crippen LogP) is 3.13. The topological polar surface area (TPSA) is 93.7 Å². The van der Waals surface area contributed by atoms with Gasteiger partial charge in [0.25, 0.3) is 0 Å². The molecule has 0 saturated carbocycles. The molecule has 0 saturated heterocycles. The molecule has 2 rings (SSSR count). The van der Waals surface area contributed by atoms with Crippen molar-refractivity contribution in [2.45, 2.75) is 25.3 Å². The van der Waals surface area contributed by atoms with Crippen molar-refractivity contribution in [3.63, 3.8) is 0 Å². The highest BCUT2D eigenvalue weighted by Gasteiger charge is 2.18. The van der Waals surface area contributed by atoms with E-state index in [0.29, 0.717) is 12.4 Å². The van der Waals surface area contributed by atoms with E-state index in [1.54, 1.807) is 13.8 Å². The summed E-state index contributed by atoms with van der Waals surface area (Å²) in [4.78, 5) is 11.7. The highest BCUT2D eigenvalue weighted by molar-refractivity contribution is 7.89. The minimum atomic E-state index is -3.76. The number of rotatable bonds is 8. The molecular weight excluding hydrogens is 356 g/mol. The summed E-state index contributed by atoms with van der Waals surface area (Å²) in [6.45, 7) is 4.21. The fourth-order valence-electron chi connectivity index (χ4n) is 2.19. The van der Waals surface area contributed by atoms with Crippen LogP contribution in [0.15, 0.2) is 53.4 Å². The second-order valence-electron chi connectivity index (χ2n) is 5.25. The van der Waals surface area contributed by atoms with Crippen molar-refractivity contribution < 1.29 is 22.7 Å². The molecule has 140 valence electrons. The Morgan fingerprint density at radius 2 is 1.77 bits per heavy atom. The SMILES string of the molecule is CCOC(=O)Nc1cc(S(=O)(=O)NCc2ccccc2)ccc1OCC. The quantitative estimate of drug-likeness (QED) is 0.736. The molecule has 2 aromatic carbocycles. The van der Waals surface area contributed by atoms with Crippen molar-refractivity contribution in [3.8, 4) is 5.75 Å². The molecule has 0 fully saturated rings. The van der Waals surface area contributed by atoms with Crippen LogP contribution in [-0.4, -0.2) is 27.7 Å². The van der Waals surface area contributed by atoms with E-state index in [1.807, 2.05) is 30.3 Å². The normalized spacial score (nSPS) is 11.0. The maximum Gasteiger partial charge on any atom is 0.411 e. The number of nitrogens with one attached hydrogen (secondary N) is 2. The van der Waals surface area contributed by atoms with Gasteiger partial charge in [0.2, 0.25) is 10.0 Å². The average Bonchev–Trinajstić information content (AvgIpc) is 2.63. The third-order valence-corrected chi connectivity index (χ3v) is 4.78. The maximum absolute atomic E-state index is 12.5. The number of benzene rings is 2. The van der Waals surface area contributed by atoms with Crippen molar-refractivity contribution in [3.05, 3.63) is 54.1 Å². The molecule has 0 aromatic heterocycles. The Labute approximate surface area is 153 Å². The summed E-state index contributed by atoms with van der Waals surface area (Å²) in [5.74, 6) is 0.363. The van der Waals surface area contributed by atoms with Crippen LogP contribution in [0.2, 0.25) is 0 Å². The van der Waals surface area contributed by atoms with E-state index in [-0.39, 0.29) is 23.7 Å². The van der Waals surface area contributed by atoms with E-state index in [9.17, 15) is 13.2 Å². The molecule has 2 N–H and O–H groups in total. The first-order chi connectivity index (χ1) is 12.5. The monoisotopic (exact) mass is 378 g/mol. The second kappa shape index (κ2) is 9.21. The zero-order chi connectivity index (χ0) is 19.0. The molecular formula is C18H22N2O5S. The lowest BCUT2D eigenvalue weighted by molar-refractivity contribution is 0.167. The van der Waals surface area contributed by atoms with Crippen LogP contribution in [0.4, 0.5) is 10.5 Å². The van der Waals surface area contributed by atoms with Crippen molar-refractivity contribution >= 4 is 21.8 Å². The minimum absolute atomic E-state index is 0.0173. The van der Waals surface area contributed by atoms with Crippen LogP contribution in [0.3, 0.4) is 0 Å². The van der Waals surface area contributed by atoms with E-state index in [4.69, 9.17) is 9.47 Å². The molecule has 0 spiro atoms. The van der Waals surface area contributed by atoms with Gasteiger partial charge in [-0.2, -0.15) is 0 Å². The Morgan fingerprint density at radius 1 is 1.04 bits per heavy atom. The zero-order valence-electron chi connectivity index (χ0n) is 14.7. The molecule has 0 aliphatic heterocycles. The summed E-state index contributed by atoms with van der Waals surface area (Å²) in [6, 6.07) is 13.5. The predicted molar refractivity (Wildman–Crippen MR) is 98.7 cm³/mol. The molecule has 0 unspecified atom stereocenters. The van der Waals surface area contributed by atoms with Gasteiger partial charge >= 0.3 is 6.09 Å². The molecule has 0 aliphatic carbocycles. The van der Waals surface area contributed by atoms with Crippen molar-refractivity contribution in [1.82, 2.24) is 4.72 Å². The van der Waals surface area contributed by atoms with E-state index in [2.05, 4.69) is 10.0 Å². The Morgan fingerprint density at radius 3 is 2.42 bits per heavy atom. The second-order valence-corrected chi connectivity index (χ2v) is 7.01. The van der Waals surface area contributed by atoms with E-state index in [1.165, 1.54) is 18.2 Å². The van der Waals surface area contributed by atoms with Gasteiger partial charge in [-0.1, -0.05) is 30.3 Å². The Kier molecular flexibility index (Phi) is 6.99. The maximum atomic E-state index is 12.5. The van der Waals surface area contributed by atoms with Gasteiger partial charge in [0, 0.05) is 6.54 Å². The number of anilines is 1. The summed E-state index contributed by atoms with van der Waals surface area (Å²) in [5, 5.41) is 2.50. The smallest absolute Gasteiger partial charge is 0.411 e. The summed E-state index contributed by atoms with van der Waals surface area (Å²) in [6.07, 6.45) is -0.680. The first-order valence-corrected chi connectivity index (χ1v) is 9.68. The van der Waals surface area contributed by atoms with Crippen LogP contribution in [0, 0.1) is 0 Å². The largest absolute Gasteiger partial charge is 0.492 e. The van der Waals surface area contributed by atoms with Crippen molar-refractivity contribution in [1.29, 1.82) is 0 Å². The average molecular weight is 378 g/mol. The van der Waals surface area contributed by atoms with Crippen LogP contribution < -0.4 is 14.8 Å². The molecule has 26 heavy (non-hydrogen) atoms. The molecule has 0 aliphatic rings. The number of hydrogen-bond acceptors (Lipinski definition) is 5. The molecule has 8 heteroatoms.